The molecule has 3 rings (SSSR count). The minimum absolute atomic E-state index is 0.324. The number of ether oxygens (including phenoxy) is 5. The Kier molecular flexibility index (Phi) is 6.58. The highest BCUT2D eigenvalue weighted by molar-refractivity contribution is 5.55. The van der Waals surface area contributed by atoms with Crippen LogP contribution < -0.4 is 0 Å². The van der Waals surface area contributed by atoms with E-state index < -0.39 is 41.8 Å². The van der Waals surface area contributed by atoms with Crippen LogP contribution in [0.15, 0.2) is 35.4 Å². The Morgan fingerprint density at radius 3 is 2.34 bits per heavy atom. The Bertz CT molecular complexity index is 758. The largest absolute Gasteiger partial charge is 0.373 e. The molecule has 0 spiro atoms. The van der Waals surface area contributed by atoms with Crippen molar-refractivity contribution in [1.82, 2.24) is 0 Å². The maximum Gasteiger partial charge on any atom is 0.220 e. The van der Waals surface area contributed by atoms with Crippen LogP contribution >= 0.6 is 0 Å². The van der Waals surface area contributed by atoms with Crippen molar-refractivity contribution in [3.8, 4) is 0 Å². The van der Waals surface area contributed by atoms with Gasteiger partial charge in [-0.15, -0.1) is 0 Å². The summed E-state index contributed by atoms with van der Waals surface area (Å²) in [6, 6.07) is 8.95. The number of nitrogens with zero attached hydrogens (tertiary/aromatic N) is 3. The summed E-state index contributed by atoms with van der Waals surface area (Å²) < 4.78 is 29.6. The Hall–Kier alpha value is -2.00. The zero-order valence-corrected chi connectivity index (χ0v) is 17.1. The van der Waals surface area contributed by atoms with Crippen LogP contribution in [0.3, 0.4) is 0 Å². The van der Waals surface area contributed by atoms with E-state index in [0.29, 0.717) is 13.0 Å². The molecule has 2 fully saturated rings. The van der Waals surface area contributed by atoms with Gasteiger partial charge in [-0.25, -0.2) is 0 Å². The fraction of sp³-hybridized carbons (Fsp3) is 0.650. The van der Waals surface area contributed by atoms with E-state index in [-0.39, 0.29) is 0 Å². The standard InChI is InChI=1S/C20H27N3O6/c1-19(25-3)20(2,26-4)29-18-16(22-23-21)15(10-14(11-24)17(18)28-19)27-12-13-8-6-5-7-9-13/h5-9,11,14-18H,10,12H2,1-4H3/t14-,15+,16+,17-,18-,19+,20+/m1/s1. The smallest absolute Gasteiger partial charge is 0.220 e. The zero-order valence-electron chi connectivity index (χ0n) is 17.1. The minimum Gasteiger partial charge on any atom is -0.373 e. The molecule has 1 heterocycles. The first kappa shape index (κ1) is 21.7. The molecule has 1 aliphatic carbocycles. The molecule has 1 saturated carbocycles. The molecule has 0 unspecified atom stereocenters. The maximum atomic E-state index is 11.9. The van der Waals surface area contributed by atoms with E-state index in [1.54, 1.807) is 13.8 Å². The summed E-state index contributed by atoms with van der Waals surface area (Å²) in [6.45, 7) is 3.70. The van der Waals surface area contributed by atoms with Crippen LogP contribution in [0.5, 0.6) is 0 Å². The molecule has 0 N–H and O–H groups in total. The Morgan fingerprint density at radius 2 is 1.79 bits per heavy atom. The number of carbonyl (C=O) groups excluding carboxylic acids is 1. The lowest BCUT2D eigenvalue weighted by atomic mass is 9.78. The van der Waals surface area contributed by atoms with Crippen molar-refractivity contribution in [3.63, 3.8) is 0 Å². The van der Waals surface area contributed by atoms with E-state index >= 15 is 0 Å². The second kappa shape index (κ2) is 8.79. The second-order valence-corrected chi connectivity index (χ2v) is 7.53. The molecule has 0 aromatic heterocycles. The molecule has 29 heavy (non-hydrogen) atoms. The van der Waals surface area contributed by atoms with Gasteiger partial charge in [0.1, 0.15) is 6.29 Å². The summed E-state index contributed by atoms with van der Waals surface area (Å²) in [5.74, 6) is -3.04. The monoisotopic (exact) mass is 405 g/mol. The number of aldehydes is 1. The number of methoxy groups -OCH3 is 2. The van der Waals surface area contributed by atoms with Crippen molar-refractivity contribution in [1.29, 1.82) is 0 Å². The van der Waals surface area contributed by atoms with Crippen molar-refractivity contribution in [3.05, 3.63) is 46.3 Å². The number of benzene rings is 1. The number of carbonyl (C=O) groups is 1. The molecule has 0 radical (unpaired) electrons. The molecule has 1 aromatic rings. The lowest BCUT2D eigenvalue weighted by Gasteiger charge is -2.56. The number of hydrogen-bond donors (Lipinski definition) is 0. The molecule has 1 aromatic carbocycles. The Labute approximate surface area is 169 Å². The van der Waals surface area contributed by atoms with Gasteiger partial charge in [0.15, 0.2) is 0 Å². The van der Waals surface area contributed by atoms with Crippen LogP contribution in [0.25, 0.3) is 10.4 Å². The summed E-state index contributed by atoms with van der Waals surface area (Å²) in [5.41, 5.74) is 10.1. The first-order valence-electron chi connectivity index (χ1n) is 9.52. The van der Waals surface area contributed by atoms with Gasteiger partial charge in [-0.2, -0.15) is 0 Å². The first-order chi connectivity index (χ1) is 13.9. The summed E-state index contributed by atoms with van der Waals surface area (Å²) in [4.78, 5) is 14.8. The van der Waals surface area contributed by atoms with E-state index in [0.717, 1.165) is 11.8 Å². The summed E-state index contributed by atoms with van der Waals surface area (Å²) in [7, 11) is 2.96. The number of azide groups is 1. The normalized spacial score (nSPS) is 39.2. The third-order valence-electron chi connectivity index (χ3n) is 5.96. The van der Waals surface area contributed by atoms with E-state index in [2.05, 4.69) is 10.0 Å². The van der Waals surface area contributed by atoms with Crippen LogP contribution in [0.1, 0.15) is 25.8 Å². The third-order valence-corrected chi connectivity index (χ3v) is 5.96. The summed E-state index contributed by atoms with van der Waals surface area (Å²) >= 11 is 0. The average Bonchev–Trinajstić information content (AvgIpc) is 2.75. The van der Waals surface area contributed by atoms with Gasteiger partial charge in [-0.3, -0.25) is 0 Å². The molecule has 7 atom stereocenters. The van der Waals surface area contributed by atoms with Crippen molar-refractivity contribution in [2.45, 2.75) is 62.8 Å². The fourth-order valence-electron chi connectivity index (χ4n) is 3.96. The van der Waals surface area contributed by atoms with E-state index in [9.17, 15) is 4.79 Å². The Morgan fingerprint density at radius 1 is 1.17 bits per heavy atom. The van der Waals surface area contributed by atoms with Gasteiger partial charge in [0.2, 0.25) is 11.6 Å². The zero-order chi connectivity index (χ0) is 21.1. The van der Waals surface area contributed by atoms with Crippen LogP contribution in [0.2, 0.25) is 0 Å². The number of rotatable bonds is 7. The van der Waals surface area contributed by atoms with E-state index in [1.807, 2.05) is 30.3 Å². The van der Waals surface area contributed by atoms with Crippen LogP contribution in [-0.4, -0.2) is 56.4 Å². The predicted molar refractivity (Wildman–Crippen MR) is 103 cm³/mol. The average molecular weight is 405 g/mol. The molecule has 158 valence electrons. The summed E-state index contributed by atoms with van der Waals surface area (Å²) in [5, 5.41) is 3.94. The van der Waals surface area contributed by atoms with Crippen molar-refractivity contribution in [2.75, 3.05) is 14.2 Å². The molecule has 1 aliphatic heterocycles. The van der Waals surface area contributed by atoms with Gasteiger partial charge >= 0.3 is 0 Å². The van der Waals surface area contributed by atoms with Crippen molar-refractivity contribution >= 4 is 6.29 Å². The van der Waals surface area contributed by atoms with Gasteiger partial charge in [0, 0.05) is 25.0 Å². The van der Waals surface area contributed by atoms with E-state index in [4.69, 9.17) is 29.2 Å². The van der Waals surface area contributed by atoms with Crippen LogP contribution in [0.4, 0.5) is 0 Å². The van der Waals surface area contributed by atoms with Crippen molar-refractivity contribution in [2.24, 2.45) is 11.0 Å². The number of hydrogen-bond acceptors (Lipinski definition) is 7. The Balaban J connectivity index is 1.89. The van der Waals surface area contributed by atoms with Crippen LogP contribution in [-0.2, 0) is 35.1 Å². The van der Waals surface area contributed by atoms with Gasteiger partial charge < -0.3 is 28.5 Å². The third kappa shape index (κ3) is 4.02. The first-order valence-corrected chi connectivity index (χ1v) is 9.52. The maximum absolute atomic E-state index is 11.9. The van der Waals surface area contributed by atoms with Gasteiger partial charge in [0.25, 0.3) is 0 Å². The fourth-order valence-corrected chi connectivity index (χ4v) is 3.96. The highest BCUT2D eigenvalue weighted by Crippen LogP contribution is 2.46. The van der Waals surface area contributed by atoms with Crippen LogP contribution in [0, 0.1) is 5.92 Å². The molecule has 2 aliphatic rings. The number of fused-ring (bicyclic) bond motifs is 1. The highest BCUT2D eigenvalue weighted by atomic mass is 16.8. The molecular formula is C20H27N3O6. The molecular weight excluding hydrogens is 378 g/mol. The molecule has 9 heteroatoms. The lowest BCUT2D eigenvalue weighted by molar-refractivity contribution is -0.457. The van der Waals surface area contributed by atoms with Gasteiger partial charge in [0.05, 0.1) is 31.0 Å². The molecule has 1 saturated heterocycles. The lowest BCUT2D eigenvalue weighted by Crippen LogP contribution is -2.71. The van der Waals surface area contributed by atoms with E-state index in [1.165, 1.54) is 14.2 Å². The molecule has 0 bridgehead atoms. The second-order valence-electron chi connectivity index (χ2n) is 7.53. The minimum atomic E-state index is -1.28. The van der Waals surface area contributed by atoms with Crippen molar-refractivity contribution < 1.29 is 28.5 Å². The highest BCUT2D eigenvalue weighted by Gasteiger charge is 2.61. The van der Waals surface area contributed by atoms with Gasteiger partial charge in [-0.05, 0) is 31.4 Å². The summed E-state index contributed by atoms with van der Waals surface area (Å²) in [6.07, 6.45) is -0.734. The molecule has 9 nitrogen and oxygen atoms in total. The topological polar surface area (TPSA) is 112 Å². The predicted octanol–water partition coefficient (Wildman–Crippen LogP) is 2.98. The SMILES string of the molecule is CO[C@@]1(C)O[C@@H]2[C@@H](N=[N+]=[N-])[C@@H](OCc3ccccc3)C[C@H](C=O)[C@H]2O[C@]1(C)OC. The van der Waals surface area contributed by atoms with Gasteiger partial charge in [-0.1, -0.05) is 35.4 Å². The molecule has 0 amide bonds. The quantitative estimate of drug-likeness (QED) is 0.298.